The molecule has 7 heteroatoms. The maximum atomic E-state index is 12.1. The molecule has 0 N–H and O–H groups in total. The second-order valence-electron chi connectivity index (χ2n) is 7.59. The van der Waals surface area contributed by atoms with Crippen LogP contribution in [0, 0.1) is 5.92 Å². The summed E-state index contributed by atoms with van der Waals surface area (Å²) in [5.74, 6) is 2.76. The van der Waals surface area contributed by atoms with E-state index in [4.69, 9.17) is 0 Å². The van der Waals surface area contributed by atoms with E-state index in [-0.39, 0.29) is 5.56 Å². The van der Waals surface area contributed by atoms with Crippen LogP contribution in [-0.2, 0) is 6.54 Å². The summed E-state index contributed by atoms with van der Waals surface area (Å²) in [6, 6.07) is 5.49. The maximum absolute atomic E-state index is 12.1. The molecule has 138 valence electrons. The number of hydrogen-bond acceptors (Lipinski definition) is 6. The first kappa shape index (κ1) is 17.0. The molecule has 0 bridgehead atoms. The van der Waals surface area contributed by atoms with Crippen LogP contribution in [0.25, 0.3) is 0 Å². The number of anilines is 2. The monoisotopic (exact) mass is 354 g/mol. The zero-order valence-corrected chi connectivity index (χ0v) is 15.5. The Morgan fingerprint density at radius 3 is 2.58 bits per heavy atom. The average Bonchev–Trinajstić information content (AvgIpc) is 3.49. The topological polar surface area (TPSA) is 67.2 Å². The number of aromatic nitrogens is 4. The molecule has 2 aromatic rings. The number of hydrogen-bond donors (Lipinski definition) is 0. The summed E-state index contributed by atoms with van der Waals surface area (Å²) in [6.45, 7) is 2.54. The van der Waals surface area contributed by atoms with E-state index in [0.29, 0.717) is 18.4 Å². The van der Waals surface area contributed by atoms with E-state index in [9.17, 15) is 4.79 Å². The lowest BCUT2D eigenvalue weighted by Crippen LogP contribution is -2.37. The van der Waals surface area contributed by atoms with Gasteiger partial charge in [0.2, 0.25) is 5.95 Å². The number of piperidine rings is 1. The molecule has 1 aliphatic heterocycles. The SMILES string of the molecule is CN(C)c1ccnc(N2CCC(Cn3nc(C4CC4)ccc3=O)CC2)n1. The van der Waals surface area contributed by atoms with E-state index in [1.165, 1.54) is 12.8 Å². The standard InChI is InChI=1S/C19H26N6O/c1-23(2)17-7-10-20-19(21-17)24-11-8-14(9-12-24)13-25-18(26)6-5-16(22-25)15-3-4-15/h5-7,10,14-15H,3-4,8-9,11-13H2,1-2H3. The van der Waals surface area contributed by atoms with Crippen molar-refractivity contribution in [2.45, 2.75) is 38.1 Å². The first-order valence-electron chi connectivity index (χ1n) is 9.43. The highest BCUT2D eigenvalue weighted by Crippen LogP contribution is 2.38. The largest absolute Gasteiger partial charge is 0.363 e. The van der Waals surface area contributed by atoms with Crippen molar-refractivity contribution in [3.05, 3.63) is 40.4 Å². The van der Waals surface area contributed by atoms with Gasteiger partial charge in [0, 0.05) is 51.9 Å². The first-order valence-corrected chi connectivity index (χ1v) is 9.43. The highest BCUT2D eigenvalue weighted by molar-refractivity contribution is 5.42. The summed E-state index contributed by atoms with van der Waals surface area (Å²) in [4.78, 5) is 25.4. The fraction of sp³-hybridized carbons (Fsp3) is 0.579. The molecule has 0 radical (unpaired) electrons. The summed E-state index contributed by atoms with van der Waals surface area (Å²) in [5, 5.41) is 4.60. The van der Waals surface area contributed by atoms with E-state index in [0.717, 1.165) is 43.4 Å². The molecule has 26 heavy (non-hydrogen) atoms. The molecule has 2 fully saturated rings. The Bertz CT molecular complexity index is 821. The van der Waals surface area contributed by atoms with E-state index >= 15 is 0 Å². The summed E-state index contributed by atoms with van der Waals surface area (Å²) in [7, 11) is 3.97. The van der Waals surface area contributed by atoms with E-state index < -0.39 is 0 Å². The highest BCUT2D eigenvalue weighted by Gasteiger charge is 2.26. The van der Waals surface area contributed by atoms with Crippen molar-refractivity contribution in [2.24, 2.45) is 5.92 Å². The Kier molecular flexibility index (Phi) is 4.61. The van der Waals surface area contributed by atoms with Crippen LogP contribution in [0.1, 0.15) is 37.3 Å². The van der Waals surface area contributed by atoms with Gasteiger partial charge in [0.05, 0.1) is 5.69 Å². The molecular weight excluding hydrogens is 328 g/mol. The molecule has 1 saturated heterocycles. The zero-order valence-electron chi connectivity index (χ0n) is 15.5. The van der Waals surface area contributed by atoms with E-state index in [1.807, 2.05) is 37.3 Å². The molecular formula is C19H26N6O. The van der Waals surface area contributed by atoms with Crippen molar-refractivity contribution >= 4 is 11.8 Å². The number of nitrogens with zero attached hydrogens (tertiary/aromatic N) is 6. The molecule has 0 atom stereocenters. The Hall–Kier alpha value is -2.44. The van der Waals surface area contributed by atoms with Crippen molar-refractivity contribution in [1.29, 1.82) is 0 Å². The zero-order chi connectivity index (χ0) is 18.1. The van der Waals surface area contributed by atoms with Gasteiger partial charge in [0.15, 0.2) is 0 Å². The van der Waals surface area contributed by atoms with Crippen LogP contribution in [0.15, 0.2) is 29.2 Å². The molecule has 1 aliphatic carbocycles. The molecule has 0 unspecified atom stereocenters. The van der Waals surface area contributed by atoms with Gasteiger partial charge in [-0.25, -0.2) is 9.67 Å². The molecule has 1 saturated carbocycles. The highest BCUT2D eigenvalue weighted by atomic mass is 16.1. The third kappa shape index (κ3) is 3.71. The molecule has 7 nitrogen and oxygen atoms in total. The Balaban J connectivity index is 1.39. The lowest BCUT2D eigenvalue weighted by molar-refractivity contribution is 0.332. The van der Waals surface area contributed by atoms with Crippen molar-refractivity contribution < 1.29 is 0 Å². The molecule has 0 amide bonds. The third-order valence-electron chi connectivity index (χ3n) is 5.30. The normalized spacial score (nSPS) is 18.2. The third-order valence-corrected chi connectivity index (χ3v) is 5.30. The Morgan fingerprint density at radius 1 is 1.12 bits per heavy atom. The van der Waals surface area contributed by atoms with Gasteiger partial charge in [-0.1, -0.05) is 0 Å². The molecule has 2 aromatic heterocycles. The van der Waals surface area contributed by atoms with Crippen LogP contribution in [0.4, 0.5) is 11.8 Å². The fourth-order valence-electron chi connectivity index (χ4n) is 3.49. The van der Waals surface area contributed by atoms with Crippen molar-refractivity contribution in [3.8, 4) is 0 Å². The first-order chi connectivity index (χ1) is 12.6. The van der Waals surface area contributed by atoms with Gasteiger partial charge in [0.1, 0.15) is 5.82 Å². The van der Waals surface area contributed by atoms with Gasteiger partial charge in [-0.2, -0.15) is 10.1 Å². The van der Waals surface area contributed by atoms with Gasteiger partial charge in [-0.15, -0.1) is 0 Å². The molecule has 4 rings (SSSR count). The molecule has 0 aromatic carbocycles. The van der Waals surface area contributed by atoms with Crippen LogP contribution >= 0.6 is 0 Å². The van der Waals surface area contributed by atoms with Gasteiger partial charge in [-0.05, 0) is 43.7 Å². The van der Waals surface area contributed by atoms with E-state index in [1.54, 1.807) is 10.7 Å². The maximum Gasteiger partial charge on any atom is 0.266 e. The summed E-state index contributed by atoms with van der Waals surface area (Å²) in [6.07, 6.45) is 6.27. The van der Waals surface area contributed by atoms with E-state index in [2.05, 4.69) is 20.0 Å². The fourth-order valence-corrected chi connectivity index (χ4v) is 3.49. The van der Waals surface area contributed by atoms with Crippen LogP contribution in [-0.4, -0.2) is 46.9 Å². The van der Waals surface area contributed by atoms with Crippen LogP contribution in [0.2, 0.25) is 0 Å². The minimum Gasteiger partial charge on any atom is -0.363 e. The average molecular weight is 354 g/mol. The minimum absolute atomic E-state index is 0.0128. The van der Waals surface area contributed by atoms with Crippen molar-refractivity contribution in [2.75, 3.05) is 37.0 Å². The Morgan fingerprint density at radius 2 is 1.88 bits per heavy atom. The van der Waals surface area contributed by atoms with Crippen molar-refractivity contribution in [3.63, 3.8) is 0 Å². The van der Waals surface area contributed by atoms with Gasteiger partial charge in [-0.3, -0.25) is 4.79 Å². The Labute approximate surface area is 153 Å². The summed E-state index contributed by atoms with van der Waals surface area (Å²) < 4.78 is 1.68. The predicted octanol–water partition coefficient (Wildman–Crippen LogP) is 1.89. The van der Waals surface area contributed by atoms with Gasteiger partial charge >= 0.3 is 0 Å². The summed E-state index contributed by atoms with van der Waals surface area (Å²) >= 11 is 0. The van der Waals surface area contributed by atoms with Crippen LogP contribution < -0.4 is 15.4 Å². The molecule has 0 spiro atoms. The summed E-state index contributed by atoms with van der Waals surface area (Å²) in [5.41, 5.74) is 1.09. The van der Waals surface area contributed by atoms with Crippen LogP contribution in [0.5, 0.6) is 0 Å². The molecule has 3 heterocycles. The minimum atomic E-state index is 0.0128. The van der Waals surface area contributed by atoms with Crippen LogP contribution in [0.3, 0.4) is 0 Å². The smallest absolute Gasteiger partial charge is 0.266 e. The van der Waals surface area contributed by atoms with Crippen molar-refractivity contribution in [1.82, 2.24) is 19.7 Å². The second-order valence-corrected chi connectivity index (χ2v) is 7.59. The lowest BCUT2D eigenvalue weighted by atomic mass is 9.97. The quantitative estimate of drug-likeness (QED) is 0.817. The molecule has 2 aliphatic rings. The predicted molar refractivity (Wildman–Crippen MR) is 102 cm³/mol. The lowest BCUT2D eigenvalue weighted by Gasteiger charge is -2.32. The van der Waals surface area contributed by atoms with Gasteiger partial charge in [0.25, 0.3) is 5.56 Å². The van der Waals surface area contributed by atoms with Gasteiger partial charge < -0.3 is 9.80 Å². The second kappa shape index (κ2) is 7.05. The number of rotatable bonds is 5.